The zero-order valence-electron chi connectivity index (χ0n) is 14.1. The quantitative estimate of drug-likeness (QED) is 0.871. The molecule has 4 rings (SSSR count). The van der Waals surface area contributed by atoms with Crippen molar-refractivity contribution in [2.45, 2.75) is 31.8 Å². The van der Waals surface area contributed by atoms with Crippen LogP contribution in [0.25, 0.3) is 0 Å². The molecule has 0 spiro atoms. The van der Waals surface area contributed by atoms with E-state index in [1.165, 1.54) is 11.1 Å². The minimum absolute atomic E-state index is 0.0189. The van der Waals surface area contributed by atoms with Gasteiger partial charge < -0.3 is 4.90 Å². The zero-order valence-corrected chi connectivity index (χ0v) is 14.1. The third kappa shape index (κ3) is 2.71. The molecule has 1 aromatic carbocycles. The summed E-state index contributed by atoms with van der Waals surface area (Å²) in [4.78, 5) is 21.7. The van der Waals surface area contributed by atoms with Gasteiger partial charge in [0.1, 0.15) is 0 Å². The topological polar surface area (TPSA) is 36.4 Å². The average Bonchev–Trinajstić information content (AvgIpc) is 2.60. The van der Waals surface area contributed by atoms with Gasteiger partial charge in [-0.25, -0.2) is 0 Å². The van der Waals surface area contributed by atoms with Crippen LogP contribution in [0.3, 0.4) is 0 Å². The summed E-state index contributed by atoms with van der Waals surface area (Å²) in [5.74, 6) is 0.666. The molecular weight excluding hydrogens is 298 g/mol. The molecule has 1 atom stereocenters. The van der Waals surface area contributed by atoms with Gasteiger partial charge in [0.2, 0.25) is 5.91 Å². The summed E-state index contributed by atoms with van der Waals surface area (Å²) in [7, 11) is 0. The van der Waals surface area contributed by atoms with Crippen molar-refractivity contribution in [2.75, 3.05) is 19.6 Å². The normalized spacial score (nSPS) is 21.2. The van der Waals surface area contributed by atoms with E-state index in [2.05, 4.69) is 47.1 Å². The number of likely N-dealkylation sites (tertiary alicyclic amines) is 1. The minimum Gasteiger partial charge on any atom is -0.340 e. The van der Waals surface area contributed by atoms with E-state index in [9.17, 15) is 4.79 Å². The Morgan fingerprint density at radius 3 is 2.58 bits per heavy atom. The van der Waals surface area contributed by atoms with Crippen LogP contribution in [0.15, 0.2) is 48.7 Å². The average molecular weight is 321 g/mol. The summed E-state index contributed by atoms with van der Waals surface area (Å²) >= 11 is 0. The Kier molecular flexibility index (Phi) is 4.07. The second kappa shape index (κ2) is 6.36. The largest absolute Gasteiger partial charge is 0.340 e. The molecule has 0 aliphatic carbocycles. The van der Waals surface area contributed by atoms with Gasteiger partial charge in [0, 0.05) is 37.4 Å². The smallest absolute Gasteiger partial charge is 0.240 e. The Morgan fingerprint density at radius 2 is 1.88 bits per heavy atom. The molecule has 2 aliphatic heterocycles. The van der Waals surface area contributed by atoms with Gasteiger partial charge in [-0.2, -0.15) is 0 Å². The summed E-state index contributed by atoms with van der Waals surface area (Å²) in [5.41, 5.74) is 3.78. The number of amides is 1. The van der Waals surface area contributed by atoms with E-state index in [-0.39, 0.29) is 11.9 Å². The van der Waals surface area contributed by atoms with Crippen LogP contribution in [0.2, 0.25) is 0 Å². The van der Waals surface area contributed by atoms with Crippen LogP contribution >= 0.6 is 0 Å². The number of aromatic nitrogens is 1. The molecule has 3 heterocycles. The van der Waals surface area contributed by atoms with E-state index in [0.29, 0.717) is 5.92 Å². The van der Waals surface area contributed by atoms with Gasteiger partial charge in [-0.15, -0.1) is 0 Å². The Balaban J connectivity index is 1.45. The second-order valence-corrected chi connectivity index (χ2v) is 6.75. The van der Waals surface area contributed by atoms with Crippen molar-refractivity contribution in [3.63, 3.8) is 0 Å². The molecule has 0 unspecified atom stereocenters. The van der Waals surface area contributed by atoms with Crippen LogP contribution in [-0.2, 0) is 17.8 Å². The molecule has 24 heavy (non-hydrogen) atoms. The SMILES string of the molecule is CCN1Cc2ccccc2C[C@@H]1C(=O)N1CC(c2ccccn2)C1. The third-order valence-electron chi connectivity index (χ3n) is 5.34. The first-order valence-electron chi connectivity index (χ1n) is 8.76. The van der Waals surface area contributed by atoms with Crippen LogP contribution < -0.4 is 0 Å². The Labute approximate surface area is 143 Å². The van der Waals surface area contributed by atoms with E-state index in [0.717, 1.165) is 38.3 Å². The van der Waals surface area contributed by atoms with Crippen molar-refractivity contribution in [3.05, 3.63) is 65.5 Å². The Morgan fingerprint density at radius 1 is 1.12 bits per heavy atom. The van der Waals surface area contributed by atoms with Crippen LogP contribution in [0.1, 0.15) is 29.7 Å². The predicted octanol–water partition coefficient (Wildman–Crippen LogP) is 2.45. The number of likely N-dealkylation sites (N-methyl/N-ethyl adjacent to an activating group) is 1. The molecule has 1 saturated heterocycles. The molecule has 4 heteroatoms. The molecule has 0 saturated carbocycles. The minimum atomic E-state index is -0.0189. The van der Waals surface area contributed by atoms with E-state index in [4.69, 9.17) is 0 Å². The van der Waals surface area contributed by atoms with E-state index in [1.807, 2.05) is 23.2 Å². The third-order valence-corrected chi connectivity index (χ3v) is 5.34. The molecule has 1 aromatic heterocycles. The Hall–Kier alpha value is -2.20. The highest BCUT2D eigenvalue weighted by Crippen LogP contribution is 2.29. The number of rotatable bonds is 3. The first-order valence-corrected chi connectivity index (χ1v) is 8.76. The van der Waals surface area contributed by atoms with Gasteiger partial charge in [-0.3, -0.25) is 14.7 Å². The van der Waals surface area contributed by atoms with Gasteiger partial charge >= 0.3 is 0 Å². The van der Waals surface area contributed by atoms with Crippen LogP contribution in [-0.4, -0.2) is 46.4 Å². The highest BCUT2D eigenvalue weighted by Gasteiger charge is 2.39. The summed E-state index contributed by atoms with van der Waals surface area (Å²) in [5, 5.41) is 0. The molecular formula is C20H23N3O. The lowest BCUT2D eigenvalue weighted by atomic mass is 9.90. The number of nitrogens with zero attached hydrogens (tertiary/aromatic N) is 3. The number of carbonyl (C=O) groups is 1. The maximum Gasteiger partial charge on any atom is 0.240 e. The fourth-order valence-corrected chi connectivity index (χ4v) is 3.83. The number of benzene rings is 1. The number of hydrogen-bond acceptors (Lipinski definition) is 3. The Bertz CT molecular complexity index is 725. The molecule has 2 aromatic rings. The highest BCUT2D eigenvalue weighted by molar-refractivity contribution is 5.83. The zero-order chi connectivity index (χ0) is 16.5. The molecule has 1 amide bonds. The molecule has 2 aliphatic rings. The van der Waals surface area contributed by atoms with Crippen molar-refractivity contribution in [1.82, 2.24) is 14.8 Å². The van der Waals surface area contributed by atoms with Crippen LogP contribution in [0.4, 0.5) is 0 Å². The lowest BCUT2D eigenvalue weighted by Crippen LogP contribution is -2.57. The summed E-state index contributed by atoms with van der Waals surface area (Å²) in [6.07, 6.45) is 2.66. The first kappa shape index (κ1) is 15.3. The summed E-state index contributed by atoms with van der Waals surface area (Å²) in [6.45, 7) is 5.51. The van der Waals surface area contributed by atoms with E-state index in [1.54, 1.807) is 0 Å². The van der Waals surface area contributed by atoms with Gasteiger partial charge in [0.15, 0.2) is 0 Å². The summed E-state index contributed by atoms with van der Waals surface area (Å²) in [6, 6.07) is 14.5. The van der Waals surface area contributed by atoms with E-state index < -0.39 is 0 Å². The molecule has 4 nitrogen and oxygen atoms in total. The first-order chi connectivity index (χ1) is 11.8. The van der Waals surface area contributed by atoms with Crippen molar-refractivity contribution < 1.29 is 4.79 Å². The molecule has 1 fully saturated rings. The number of carbonyl (C=O) groups excluding carboxylic acids is 1. The van der Waals surface area contributed by atoms with Crippen molar-refractivity contribution >= 4 is 5.91 Å². The maximum atomic E-state index is 13.0. The second-order valence-electron chi connectivity index (χ2n) is 6.75. The maximum absolute atomic E-state index is 13.0. The number of hydrogen-bond donors (Lipinski definition) is 0. The van der Waals surface area contributed by atoms with Gasteiger partial charge in [0.25, 0.3) is 0 Å². The summed E-state index contributed by atoms with van der Waals surface area (Å²) < 4.78 is 0. The fourth-order valence-electron chi connectivity index (χ4n) is 3.83. The molecule has 0 radical (unpaired) electrons. The van der Waals surface area contributed by atoms with Crippen LogP contribution in [0, 0.1) is 0 Å². The molecule has 0 N–H and O–H groups in total. The van der Waals surface area contributed by atoms with Gasteiger partial charge in [0.05, 0.1) is 6.04 Å². The number of fused-ring (bicyclic) bond motifs is 1. The fraction of sp³-hybridized carbons (Fsp3) is 0.400. The standard InChI is InChI=1S/C20H23N3O/c1-2-22-12-16-8-4-3-7-15(16)11-19(22)20(24)23-13-17(14-23)18-9-5-6-10-21-18/h3-10,17,19H,2,11-14H2,1H3/t19-/m1/s1. The van der Waals surface area contributed by atoms with Crippen molar-refractivity contribution in [3.8, 4) is 0 Å². The number of pyridine rings is 1. The van der Waals surface area contributed by atoms with Gasteiger partial charge in [-0.05, 0) is 36.2 Å². The van der Waals surface area contributed by atoms with Crippen LogP contribution in [0.5, 0.6) is 0 Å². The lowest BCUT2D eigenvalue weighted by molar-refractivity contribution is -0.142. The highest BCUT2D eigenvalue weighted by atomic mass is 16.2. The predicted molar refractivity (Wildman–Crippen MR) is 93.6 cm³/mol. The molecule has 124 valence electrons. The van der Waals surface area contributed by atoms with Crippen molar-refractivity contribution in [2.24, 2.45) is 0 Å². The van der Waals surface area contributed by atoms with Crippen molar-refractivity contribution in [1.29, 1.82) is 0 Å². The van der Waals surface area contributed by atoms with Gasteiger partial charge in [-0.1, -0.05) is 37.3 Å². The van der Waals surface area contributed by atoms with E-state index >= 15 is 0 Å². The molecule has 0 bridgehead atoms. The monoisotopic (exact) mass is 321 g/mol. The lowest BCUT2D eigenvalue weighted by Gasteiger charge is -2.44.